The van der Waals surface area contributed by atoms with Gasteiger partial charge in [-0.3, -0.25) is 9.98 Å². The summed E-state index contributed by atoms with van der Waals surface area (Å²) in [6, 6.07) is 3.47. The lowest BCUT2D eigenvalue weighted by Gasteiger charge is -2.04. The molecule has 1 atom stereocenters. The van der Waals surface area contributed by atoms with E-state index in [1.54, 1.807) is 18.5 Å². The highest BCUT2D eigenvalue weighted by molar-refractivity contribution is 7.15. The predicted molar refractivity (Wildman–Crippen MR) is 106 cm³/mol. The number of rotatable bonds is 8. The van der Waals surface area contributed by atoms with Crippen molar-refractivity contribution in [3.05, 3.63) is 53.4 Å². The van der Waals surface area contributed by atoms with Gasteiger partial charge in [-0.2, -0.15) is 18.2 Å². The van der Waals surface area contributed by atoms with Gasteiger partial charge in [-0.05, 0) is 24.5 Å². The first-order valence-electron chi connectivity index (χ1n) is 8.62. The van der Waals surface area contributed by atoms with Crippen LogP contribution in [0.15, 0.2) is 52.1 Å². The van der Waals surface area contributed by atoms with E-state index in [0.29, 0.717) is 22.8 Å². The topological polar surface area (TPSA) is 113 Å². The van der Waals surface area contributed by atoms with Crippen molar-refractivity contribution in [2.45, 2.75) is 19.5 Å². The summed E-state index contributed by atoms with van der Waals surface area (Å²) in [6.07, 6.45) is 4.89. The maximum atomic E-state index is 12.6. The molecule has 12 heteroatoms. The molecule has 1 unspecified atom stereocenters. The fraction of sp³-hybridized carbons (Fsp3) is 0.222. The lowest BCUT2D eigenvalue weighted by atomic mass is 10.1. The normalized spacial score (nSPS) is 13.5. The number of anilines is 1. The van der Waals surface area contributed by atoms with E-state index in [9.17, 15) is 13.2 Å². The fourth-order valence-corrected chi connectivity index (χ4v) is 3.38. The molecule has 0 radical (unpaired) electrons. The fourth-order valence-electron chi connectivity index (χ4n) is 2.30. The van der Waals surface area contributed by atoms with E-state index >= 15 is 0 Å². The summed E-state index contributed by atoms with van der Waals surface area (Å²) >= 11 is 1.29. The Kier molecular flexibility index (Phi) is 6.67. The third-order valence-corrected chi connectivity index (χ3v) is 4.72. The molecule has 3 aromatic heterocycles. The molecule has 3 rings (SSSR count). The van der Waals surface area contributed by atoms with Crippen molar-refractivity contribution in [1.82, 2.24) is 20.1 Å². The summed E-state index contributed by atoms with van der Waals surface area (Å²) in [5.41, 5.74) is 0.440. The molecule has 0 saturated heterocycles. The number of aliphatic imine (C=N–C) groups is 1. The van der Waals surface area contributed by atoms with Crippen molar-refractivity contribution >= 4 is 29.6 Å². The van der Waals surface area contributed by atoms with E-state index in [-0.39, 0.29) is 11.7 Å². The number of alkyl halides is 3. The third-order valence-electron chi connectivity index (χ3n) is 3.62. The van der Waals surface area contributed by atoms with Crippen LogP contribution in [0.25, 0.3) is 10.7 Å². The molecular weight excluding hydrogens is 419 g/mol. The molecule has 2 N–H and O–H groups in total. The highest BCUT2D eigenvalue weighted by Gasteiger charge is 2.38. The van der Waals surface area contributed by atoms with Gasteiger partial charge in [-0.25, -0.2) is 4.98 Å². The SMILES string of the molecule is CC(/C=N\C=C(/C=N)Nc1cnccn1)Cc1ccc(-c2noc(C(F)(F)F)n2)s1. The van der Waals surface area contributed by atoms with Gasteiger partial charge in [-0.15, -0.1) is 11.3 Å². The van der Waals surface area contributed by atoms with E-state index < -0.39 is 12.1 Å². The Bertz CT molecular complexity index is 1040. The van der Waals surface area contributed by atoms with Crippen molar-refractivity contribution in [2.75, 3.05) is 5.32 Å². The summed E-state index contributed by atoms with van der Waals surface area (Å²) in [5, 5.41) is 13.7. The lowest BCUT2D eigenvalue weighted by molar-refractivity contribution is -0.159. The maximum Gasteiger partial charge on any atom is 0.471 e. The Morgan fingerprint density at radius 2 is 2.20 bits per heavy atom. The molecule has 0 bridgehead atoms. The molecule has 0 aliphatic rings. The van der Waals surface area contributed by atoms with Crippen LogP contribution in [0, 0.1) is 11.3 Å². The first-order valence-corrected chi connectivity index (χ1v) is 9.44. The summed E-state index contributed by atoms with van der Waals surface area (Å²) in [6.45, 7) is 1.95. The zero-order valence-electron chi connectivity index (χ0n) is 15.6. The van der Waals surface area contributed by atoms with Crippen LogP contribution in [-0.4, -0.2) is 32.5 Å². The molecule has 0 aliphatic carbocycles. The van der Waals surface area contributed by atoms with Crippen LogP contribution in [0.4, 0.5) is 19.0 Å². The number of nitrogens with one attached hydrogen (secondary N) is 2. The molecule has 3 heterocycles. The van der Waals surface area contributed by atoms with E-state index in [4.69, 9.17) is 5.41 Å². The zero-order valence-corrected chi connectivity index (χ0v) is 16.4. The minimum absolute atomic E-state index is 0.0484. The lowest BCUT2D eigenvalue weighted by Crippen LogP contribution is -2.04. The Morgan fingerprint density at radius 3 is 2.87 bits per heavy atom. The Morgan fingerprint density at radius 1 is 1.37 bits per heavy atom. The van der Waals surface area contributed by atoms with Crippen molar-refractivity contribution in [1.29, 1.82) is 5.41 Å². The number of hydrogen-bond donors (Lipinski definition) is 2. The number of thiophene rings is 1. The summed E-state index contributed by atoms with van der Waals surface area (Å²) in [7, 11) is 0. The summed E-state index contributed by atoms with van der Waals surface area (Å²) in [5.74, 6) is -0.908. The summed E-state index contributed by atoms with van der Waals surface area (Å²) in [4.78, 5) is 17.0. The number of halogens is 3. The highest BCUT2D eigenvalue weighted by Crippen LogP contribution is 2.32. The van der Waals surface area contributed by atoms with Crippen molar-refractivity contribution in [2.24, 2.45) is 10.9 Å². The van der Waals surface area contributed by atoms with Gasteiger partial charge >= 0.3 is 12.1 Å². The minimum Gasteiger partial charge on any atom is -0.336 e. The third kappa shape index (κ3) is 5.80. The standard InChI is InChI=1S/C18H16F3N7OS/c1-11(8-24-9-12(7-22)26-15-10-23-4-5-25-15)6-13-2-3-14(30-13)16-27-17(29-28-16)18(19,20)21/h2-5,7-11,22H,6H2,1H3,(H,25,26)/b12-9+,22-7?,24-8-. The smallest absolute Gasteiger partial charge is 0.336 e. The van der Waals surface area contributed by atoms with Crippen LogP contribution in [0.2, 0.25) is 0 Å². The molecule has 0 aliphatic heterocycles. The van der Waals surface area contributed by atoms with Crippen LogP contribution in [0.5, 0.6) is 0 Å². The average Bonchev–Trinajstić information content (AvgIpc) is 3.37. The van der Waals surface area contributed by atoms with Crippen molar-refractivity contribution in [3.63, 3.8) is 0 Å². The van der Waals surface area contributed by atoms with E-state index in [2.05, 4.69) is 34.9 Å². The number of allylic oxidation sites excluding steroid dienone is 1. The molecular formula is C18H16F3N7OS. The van der Waals surface area contributed by atoms with Crippen molar-refractivity contribution in [3.8, 4) is 10.7 Å². The van der Waals surface area contributed by atoms with E-state index in [1.807, 2.05) is 13.0 Å². The quantitative estimate of drug-likeness (QED) is 0.505. The first kappa shape index (κ1) is 21.3. The zero-order chi connectivity index (χ0) is 21.6. The van der Waals surface area contributed by atoms with Gasteiger partial charge in [0.15, 0.2) is 0 Å². The van der Waals surface area contributed by atoms with E-state index in [1.165, 1.54) is 29.9 Å². The molecule has 0 fully saturated rings. The van der Waals surface area contributed by atoms with E-state index in [0.717, 1.165) is 11.1 Å². The monoisotopic (exact) mass is 435 g/mol. The molecule has 156 valence electrons. The average molecular weight is 435 g/mol. The molecule has 0 amide bonds. The van der Waals surface area contributed by atoms with Crippen LogP contribution < -0.4 is 5.32 Å². The molecule has 0 saturated carbocycles. The van der Waals surface area contributed by atoms with Gasteiger partial charge < -0.3 is 15.2 Å². The van der Waals surface area contributed by atoms with Gasteiger partial charge in [0.25, 0.3) is 0 Å². The largest absolute Gasteiger partial charge is 0.471 e. The predicted octanol–water partition coefficient (Wildman–Crippen LogP) is 4.46. The van der Waals surface area contributed by atoms with Crippen LogP contribution in [0.1, 0.15) is 17.7 Å². The minimum atomic E-state index is -4.67. The van der Waals surface area contributed by atoms with Gasteiger partial charge in [0.05, 0.1) is 23.0 Å². The van der Waals surface area contributed by atoms with Gasteiger partial charge in [0, 0.05) is 29.7 Å². The van der Waals surface area contributed by atoms with Gasteiger partial charge in [0.1, 0.15) is 5.82 Å². The second-order valence-corrected chi connectivity index (χ2v) is 7.28. The Balaban J connectivity index is 1.59. The van der Waals surface area contributed by atoms with Gasteiger partial charge in [-0.1, -0.05) is 12.1 Å². The molecule has 0 aromatic carbocycles. The van der Waals surface area contributed by atoms with Crippen LogP contribution >= 0.6 is 11.3 Å². The molecule has 3 aromatic rings. The summed E-state index contributed by atoms with van der Waals surface area (Å²) < 4.78 is 42.0. The molecule has 8 nitrogen and oxygen atoms in total. The maximum absolute atomic E-state index is 12.6. The second-order valence-electron chi connectivity index (χ2n) is 6.11. The Hall–Kier alpha value is -3.41. The Labute approximate surface area is 173 Å². The molecule has 0 spiro atoms. The molecule has 30 heavy (non-hydrogen) atoms. The number of nitrogens with zero attached hydrogens (tertiary/aromatic N) is 5. The van der Waals surface area contributed by atoms with Crippen LogP contribution in [0.3, 0.4) is 0 Å². The van der Waals surface area contributed by atoms with Crippen molar-refractivity contribution < 1.29 is 17.7 Å². The first-order chi connectivity index (χ1) is 14.3. The number of aromatic nitrogens is 4. The number of hydrogen-bond acceptors (Lipinski definition) is 9. The van der Waals surface area contributed by atoms with Crippen LogP contribution in [-0.2, 0) is 12.6 Å². The van der Waals surface area contributed by atoms with Gasteiger partial charge in [0.2, 0.25) is 5.82 Å². The highest BCUT2D eigenvalue weighted by atomic mass is 32.1. The second kappa shape index (κ2) is 9.39.